The summed E-state index contributed by atoms with van der Waals surface area (Å²) in [5.41, 5.74) is 2.38. The van der Waals surface area contributed by atoms with Gasteiger partial charge in [-0.1, -0.05) is 12.1 Å². The van der Waals surface area contributed by atoms with Crippen molar-refractivity contribution in [2.45, 2.75) is 0 Å². The minimum Gasteiger partial charge on any atom is -0.492 e. The monoisotopic (exact) mass is 272 g/mol. The zero-order valence-electron chi connectivity index (χ0n) is 11.2. The average Bonchev–Trinajstić information content (AvgIpc) is 2.49. The van der Waals surface area contributed by atoms with Gasteiger partial charge >= 0.3 is 0 Å². The molecule has 1 N–H and O–H groups in total. The van der Waals surface area contributed by atoms with Gasteiger partial charge in [-0.3, -0.25) is 0 Å². The summed E-state index contributed by atoms with van der Waals surface area (Å²) in [6.07, 6.45) is 0. The van der Waals surface area contributed by atoms with Crippen molar-refractivity contribution in [3.05, 3.63) is 54.3 Å². The van der Waals surface area contributed by atoms with Gasteiger partial charge in [-0.2, -0.15) is 0 Å². The molecule has 2 aromatic rings. The van der Waals surface area contributed by atoms with Crippen LogP contribution in [0.5, 0.6) is 5.75 Å². The summed E-state index contributed by atoms with van der Waals surface area (Å²) in [7, 11) is 0. The Balaban J connectivity index is 1.58. The van der Waals surface area contributed by atoms with E-state index in [-0.39, 0.29) is 5.82 Å². The van der Waals surface area contributed by atoms with Gasteiger partial charge in [0.2, 0.25) is 0 Å². The number of halogens is 1. The van der Waals surface area contributed by atoms with Crippen molar-refractivity contribution in [3.8, 4) is 5.75 Å². The van der Waals surface area contributed by atoms with E-state index in [1.807, 2.05) is 12.1 Å². The van der Waals surface area contributed by atoms with Gasteiger partial charge in [0.15, 0.2) is 0 Å². The predicted octanol–water partition coefficient (Wildman–Crippen LogP) is 3.14. The maximum absolute atomic E-state index is 12.8. The fourth-order valence-corrected chi connectivity index (χ4v) is 2.38. The molecule has 0 unspecified atom stereocenters. The highest BCUT2D eigenvalue weighted by Gasteiger charge is 2.15. The molecule has 2 aromatic carbocycles. The van der Waals surface area contributed by atoms with Crippen LogP contribution < -0.4 is 15.0 Å². The summed E-state index contributed by atoms with van der Waals surface area (Å²) in [6.45, 7) is 3.30. The summed E-state index contributed by atoms with van der Waals surface area (Å²) in [5, 5.41) is 3.38. The van der Waals surface area contributed by atoms with E-state index in [4.69, 9.17) is 4.74 Å². The van der Waals surface area contributed by atoms with Gasteiger partial charge in [0.1, 0.15) is 18.2 Å². The second-order valence-corrected chi connectivity index (χ2v) is 4.73. The third kappa shape index (κ3) is 2.85. The number of nitrogens with zero attached hydrogens (tertiary/aromatic N) is 1. The molecule has 1 aliphatic heterocycles. The Morgan fingerprint density at radius 2 is 1.90 bits per heavy atom. The van der Waals surface area contributed by atoms with Crippen molar-refractivity contribution in [2.75, 3.05) is 36.5 Å². The van der Waals surface area contributed by atoms with Crippen LogP contribution in [0.25, 0.3) is 0 Å². The molecule has 1 heterocycles. The van der Waals surface area contributed by atoms with Crippen LogP contribution in [0.1, 0.15) is 0 Å². The minimum atomic E-state index is -0.242. The van der Waals surface area contributed by atoms with Gasteiger partial charge < -0.3 is 15.0 Å². The highest BCUT2D eigenvalue weighted by Crippen LogP contribution is 2.27. The molecule has 0 radical (unpaired) electrons. The van der Waals surface area contributed by atoms with Gasteiger partial charge in [0, 0.05) is 13.1 Å². The first-order valence-corrected chi connectivity index (χ1v) is 6.79. The number of nitrogens with one attached hydrogen (secondary N) is 1. The molecule has 104 valence electrons. The lowest BCUT2D eigenvalue weighted by Crippen LogP contribution is -2.36. The molecule has 3 nitrogen and oxygen atoms in total. The van der Waals surface area contributed by atoms with Gasteiger partial charge in [-0.05, 0) is 36.4 Å². The molecule has 1 aliphatic rings. The molecule has 0 atom stereocenters. The van der Waals surface area contributed by atoms with E-state index < -0.39 is 0 Å². The Kier molecular flexibility index (Phi) is 3.72. The number of anilines is 2. The van der Waals surface area contributed by atoms with E-state index >= 15 is 0 Å². The average molecular weight is 272 g/mol. The number of rotatable bonds is 4. The van der Waals surface area contributed by atoms with Gasteiger partial charge in [-0.15, -0.1) is 0 Å². The molecule has 0 amide bonds. The standard InChI is InChI=1S/C16H17FN2O/c17-13-5-7-14(8-6-13)20-12-11-19-10-9-18-15-3-1-2-4-16(15)19/h1-8,18H,9-12H2. The highest BCUT2D eigenvalue weighted by atomic mass is 19.1. The predicted molar refractivity (Wildman–Crippen MR) is 79.0 cm³/mol. The number of para-hydroxylation sites is 2. The summed E-state index contributed by atoms with van der Waals surface area (Å²) in [6, 6.07) is 14.4. The molecule has 3 rings (SSSR count). The zero-order valence-corrected chi connectivity index (χ0v) is 11.2. The normalized spacial score (nSPS) is 13.6. The molecule has 0 saturated heterocycles. The number of hydrogen-bond donors (Lipinski definition) is 1. The third-order valence-electron chi connectivity index (χ3n) is 3.39. The number of fused-ring (bicyclic) bond motifs is 1. The van der Waals surface area contributed by atoms with Crippen LogP contribution in [-0.4, -0.2) is 26.2 Å². The topological polar surface area (TPSA) is 24.5 Å². The summed E-state index contributed by atoms with van der Waals surface area (Å²) >= 11 is 0. The van der Waals surface area contributed by atoms with Crippen molar-refractivity contribution < 1.29 is 9.13 Å². The van der Waals surface area contributed by atoms with Crippen molar-refractivity contribution >= 4 is 11.4 Å². The number of ether oxygens (including phenoxy) is 1. The second-order valence-electron chi connectivity index (χ2n) is 4.73. The molecule has 0 spiro atoms. The summed E-state index contributed by atoms with van der Waals surface area (Å²) in [4.78, 5) is 2.30. The van der Waals surface area contributed by atoms with E-state index in [1.54, 1.807) is 12.1 Å². The molecular weight excluding hydrogens is 255 g/mol. The number of hydrogen-bond acceptors (Lipinski definition) is 3. The molecule has 20 heavy (non-hydrogen) atoms. The van der Waals surface area contributed by atoms with Crippen LogP contribution in [0.4, 0.5) is 15.8 Å². The maximum atomic E-state index is 12.8. The van der Waals surface area contributed by atoms with Gasteiger partial charge in [0.05, 0.1) is 17.9 Å². The van der Waals surface area contributed by atoms with E-state index in [0.717, 1.165) is 19.6 Å². The molecule has 0 aromatic heterocycles. The van der Waals surface area contributed by atoms with Crippen LogP contribution in [0.15, 0.2) is 48.5 Å². The number of benzene rings is 2. The lowest BCUT2D eigenvalue weighted by molar-refractivity contribution is 0.323. The second kappa shape index (κ2) is 5.82. The molecule has 4 heteroatoms. The Labute approximate surface area is 118 Å². The van der Waals surface area contributed by atoms with Crippen LogP contribution >= 0.6 is 0 Å². The first-order valence-electron chi connectivity index (χ1n) is 6.79. The fraction of sp³-hybridized carbons (Fsp3) is 0.250. The van der Waals surface area contributed by atoms with Gasteiger partial charge in [0.25, 0.3) is 0 Å². The Bertz CT molecular complexity index is 571. The first kappa shape index (κ1) is 12.8. The Morgan fingerprint density at radius 1 is 1.10 bits per heavy atom. The molecule has 0 fully saturated rings. The SMILES string of the molecule is Fc1ccc(OCCN2CCNc3ccccc32)cc1. The van der Waals surface area contributed by atoms with Crippen LogP contribution in [0.2, 0.25) is 0 Å². The Hall–Kier alpha value is -2.23. The summed E-state index contributed by atoms with van der Waals surface area (Å²) in [5.74, 6) is 0.461. The van der Waals surface area contributed by atoms with E-state index in [0.29, 0.717) is 12.4 Å². The van der Waals surface area contributed by atoms with E-state index in [1.165, 1.54) is 23.5 Å². The first-order chi connectivity index (χ1) is 9.83. The smallest absolute Gasteiger partial charge is 0.123 e. The van der Waals surface area contributed by atoms with Crippen molar-refractivity contribution in [3.63, 3.8) is 0 Å². The van der Waals surface area contributed by atoms with Crippen molar-refractivity contribution in [1.82, 2.24) is 0 Å². The maximum Gasteiger partial charge on any atom is 0.123 e. The lowest BCUT2D eigenvalue weighted by atomic mass is 10.2. The quantitative estimate of drug-likeness (QED) is 0.925. The third-order valence-corrected chi connectivity index (χ3v) is 3.39. The van der Waals surface area contributed by atoms with Crippen LogP contribution in [0, 0.1) is 5.82 Å². The summed E-state index contributed by atoms with van der Waals surface area (Å²) < 4.78 is 18.4. The Morgan fingerprint density at radius 3 is 2.75 bits per heavy atom. The van der Waals surface area contributed by atoms with Crippen molar-refractivity contribution in [1.29, 1.82) is 0 Å². The van der Waals surface area contributed by atoms with Crippen molar-refractivity contribution in [2.24, 2.45) is 0 Å². The molecule has 0 bridgehead atoms. The fourth-order valence-electron chi connectivity index (χ4n) is 2.38. The highest BCUT2D eigenvalue weighted by molar-refractivity contribution is 5.71. The minimum absolute atomic E-state index is 0.242. The zero-order chi connectivity index (χ0) is 13.8. The molecule has 0 aliphatic carbocycles. The largest absolute Gasteiger partial charge is 0.492 e. The van der Waals surface area contributed by atoms with Crippen LogP contribution in [0.3, 0.4) is 0 Å². The van der Waals surface area contributed by atoms with E-state index in [9.17, 15) is 4.39 Å². The molecule has 0 saturated carbocycles. The van der Waals surface area contributed by atoms with Crippen LogP contribution in [-0.2, 0) is 0 Å². The van der Waals surface area contributed by atoms with Gasteiger partial charge in [-0.25, -0.2) is 4.39 Å². The molecular formula is C16H17FN2O. The van der Waals surface area contributed by atoms with E-state index in [2.05, 4.69) is 22.3 Å². The lowest BCUT2D eigenvalue weighted by Gasteiger charge is -2.31.